The van der Waals surface area contributed by atoms with E-state index in [1.807, 2.05) is 27.2 Å². The molecule has 0 heterocycles. The van der Waals surface area contributed by atoms with Gasteiger partial charge in [0.15, 0.2) is 0 Å². The van der Waals surface area contributed by atoms with Gasteiger partial charge in [-0.25, -0.2) is 0 Å². The van der Waals surface area contributed by atoms with Crippen LogP contribution in [0.3, 0.4) is 0 Å². The van der Waals surface area contributed by atoms with Crippen molar-refractivity contribution >= 4 is 17.7 Å². The fourth-order valence-corrected chi connectivity index (χ4v) is 1.56. The number of carbonyl (C=O) groups is 1. The van der Waals surface area contributed by atoms with Crippen LogP contribution in [-0.2, 0) is 4.79 Å². The maximum Gasteiger partial charge on any atom is 0.129 e. The molecule has 3 heteroatoms. The van der Waals surface area contributed by atoms with Crippen LogP contribution in [0.4, 0.5) is 5.69 Å². The van der Waals surface area contributed by atoms with Gasteiger partial charge < -0.3 is 9.69 Å². The van der Waals surface area contributed by atoms with Gasteiger partial charge in [-0.15, -0.1) is 0 Å². The van der Waals surface area contributed by atoms with Crippen molar-refractivity contribution in [2.75, 3.05) is 19.0 Å². The summed E-state index contributed by atoms with van der Waals surface area (Å²) in [5.41, 5.74) is 2.27. The Kier molecular flexibility index (Phi) is 5.56. The third-order valence-corrected chi connectivity index (χ3v) is 2.80. The molecule has 0 radical (unpaired) electrons. The molecule has 0 aliphatic carbocycles. The average Bonchev–Trinajstić information content (AvgIpc) is 2.34. The van der Waals surface area contributed by atoms with Crippen molar-refractivity contribution < 1.29 is 4.79 Å². The number of ketones is 1. The fraction of sp³-hybridized carbons (Fsp3) is 0.467. The van der Waals surface area contributed by atoms with E-state index in [1.54, 1.807) is 6.92 Å². The van der Waals surface area contributed by atoms with E-state index >= 15 is 0 Å². The number of benzene rings is 1. The van der Waals surface area contributed by atoms with E-state index in [2.05, 4.69) is 34.2 Å². The minimum Gasteiger partial charge on any atom is -0.378 e. The molecule has 0 aliphatic heterocycles. The minimum atomic E-state index is 0.197. The van der Waals surface area contributed by atoms with Crippen LogP contribution in [0.2, 0.25) is 0 Å². The molecule has 0 saturated carbocycles. The van der Waals surface area contributed by atoms with Crippen LogP contribution in [0.25, 0.3) is 0 Å². The van der Waals surface area contributed by atoms with Gasteiger partial charge in [0.05, 0.1) is 0 Å². The van der Waals surface area contributed by atoms with Gasteiger partial charge in [0, 0.05) is 38.5 Å². The van der Waals surface area contributed by atoms with Crippen molar-refractivity contribution in [1.29, 1.82) is 0 Å². The van der Waals surface area contributed by atoms with E-state index in [0.29, 0.717) is 6.42 Å². The lowest BCUT2D eigenvalue weighted by Crippen LogP contribution is -2.08. The standard InChI is InChI=1S/C15H22N2O/c1-12(5-6-13(2)18)16-11-14-7-9-15(10-8-14)17(3)4/h7-12H,5-6H2,1-4H3. The molecular weight excluding hydrogens is 224 g/mol. The number of carbonyl (C=O) groups excluding carboxylic acids is 1. The van der Waals surface area contributed by atoms with Crippen LogP contribution in [-0.4, -0.2) is 32.1 Å². The highest BCUT2D eigenvalue weighted by Crippen LogP contribution is 2.11. The molecule has 0 aliphatic rings. The van der Waals surface area contributed by atoms with Gasteiger partial charge in [0.2, 0.25) is 0 Å². The number of anilines is 1. The summed E-state index contributed by atoms with van der Waals surface area (Å²) in [7, 11) is 4.04. The van der Waals surface area contributed by atoms with Crippen LogP contribution in [0, 0.1) is 0 Å². The van der Waals surface area contributed by atoms with Crippen LogP contribution in [0.15, 0.2) is 29.3 Å². The first-order chi connectivity index (χ1) is 8.49. The summed E-state index contributed by atoms with van der Waals surface area (Å²) in [6, 6.07) is 8.44. The highest BCUT2D eigenvalue weighted by Gasteiger charge is 2.00. The maximum absolute atomic E-state index is 10.9. The van der Waals surface area contributed by atoms with Crippen molar-refractivity contribution in [3.05, 3.63) is 29.8 Å². The Morgan fingerprint density at radius 3 is 2.44 bits per heavy atom. The Hall–Kier alpha value is -1.64. The number of nitrogens with zero attached hydrogens (tertiary/aromatic N) is 2. The maximum atomic E-state index is 10.9. The van der Waals surface area contributed by atoms with Crippen molar-refractivity contribution in [2.24, 2.45) is 4.99 Å². The zero-order valence-corrected chi connectivity index (χ0v) is 11.7. The number of aliphatic imine (C=N–C) groups is 1. The van der Waals surface area contributed by atoms with Crippen LogP contribution >= 0.6 is 0 Å². The molecule has 0 saturated heterocycles. The Balaban J connectivity index is 2.53. The Bertz CT molecular complexity index is 407. The second-order valence-electron chi connectivity index (χ2n) is 4.85. The van der Waals surface area contributed by atoms with Crippen LogP contribution < -0.4 is 4.90 Å². The number of hydrogen-bond donors (Lipinski definition) is 0. The van der Waals surface area contributed by atoms with Gasteiger partial charge in [-0.1, -0.05) is 12.1 Å². The predicted octanol–water partition coefficient (Wildman–Crippen LogP) is 2.93. The topological polar surface area (TPSA) is 32.7 Å². The average molecular weight is 246 g/mol. The van der Waals surface area contributed by atoms with Gasteiger partial charge >= 0.3 is 0 Å². The molecular formula is C15H22N2O. The smallest absolute Gasteiger partial charge is 0.129 e. The summed E-state index contributed by atoms with van der Waals surface area (Å²) in [6.45, 7) is 3.66. The van der Waals surface area contributed by atoms with Gasteiger partial charge in [-0.2, -0.15) is 0 Å². The van der Waals surface area contributed by atoms with Crippen LogP contribution in [0.1, 0.15) is 32.3 Å². The molecule has 0 N–H and O–H groups in total. The summed E-state index contributed by atoms with van der Waals surface area (Å²) in [5, 5.41) is 0. The first-order valence-corrected chi connectivity index (χ1v) is 6.29. The number of Topliss-reactive ketones (excluding diaryl/α,β-unsaturated/α-hetero) is 1. The largest absolute Gasteiger partial charge is 0.378 e. The Morgan fingerprint density at radius 1 is 1.33 bits per heavy atom. The van der Waals surface area contributed by atoms with E-state index in [-0.39, 0.29) is 11.8 Å². The molecule has 98 valence electrons. The Morgan fingerprint density at radius 2 is 1.94 bits per heavy atom. The van der Waals surface area contributed by atoms with E-state index in [0.717, 1.165) is 12.0 Å². The number of hydrogen-bond acceptors (Lipinski definition) is 3. The second-order valence-corrected chi connectivity index (χ2v) is 4.85. The molecule has 3 nitrogen and oxygen atoms in total. The molecule has 18 heavy (non-hydrogen) atoms. The second kappa shape index (κ2) is 6.94. The summed E-state index contributed by atoms with van der Waals surface area (Å²) < 4.78 is 0. The third kappa shape index (κ3) is 5.13. The van der Waals surface area contributed by atoms with Gasteiger partial charge in [0.25, 0.3) is 0 Å². The van der Waals surface area contributed by atoms with Gasteiger partial charge in [-0.3, -0.25) is 4.99 Å². The molecule has 0 fully saturated rings. The van der Waals surface area contributed by atoms with Crippen molar-refractivity contribution in [2.45, 2.75) is 32.7 Å². The number of rotatable bonds is 6. The van der Waals surface area contributed by atoms with Gasteiger partial charge in [-0.05, 0) is 38.0 Å². The van der Waals surface area contributed by atoms with E-state index in [1.165, 1.54) is 5.69 Å². The molecule has 1 atom stereocenters. The fourth-order valence-electron chi connectivity index (χ4n) is 1.56. The molecule has 0 amide bonds. The lowest BCUT2D eigenvalue weighted by atomic mass is 10.1. The summed E-state index contributed by atoms with van der Waals surface area (Å²) in [5.74, 6) is 0.229. The molecule has 0 aromatic heterocycles. The van der Waals surface area contributed by atoms with Gasteiger partial charge in [0.1, 0.15) is 5.78 Å². The van der Waals surface area contributed by atoms with E-state index < -0.39 is 0 Å². The Labute approximate surface area is 110 Å². The van der Waals surface area contributed by atoms with Crippen molar-refractivity contribution in [3.63, 3.8) is 0 Å². The van der Waals surface area contributed by atoms with Crippen LogP contribution in [0.5, 0.6) is 0 Å². The van der Waals surface area contributed by atoms with Crippen molar-refractivity contribution in [3.8, 4) is 0 Å². The monoisotopic (exact) mass is 246 g/mol. The lowest BCUT2D eigenvalue weighted by Gasteiger charge is -2.11. The summed E-state index contributed by atoms with van der Waals surface area (Å²) in [4.78, 5) is 17.4. The quantitative estimate of drug-likeness (QED) is 0.723. The highest BCUT2D eigenvalue weighted by molar-refractivity contribution is 5.80. The molecule has 0 bridgehead atoms. The molecule has 0 spiro atoms. The highest BCUT2D eigenvalue weighted by atomic mass is 16.1. The first-order valence-electron chi connectivity index (χ1n) is 6.29. The predicted molar refractivity (Wildman–Crippen MR) is 77.7 cm³/mol. The zero-order valence-electron chi connectivity index (χ0n) is 11.7. The molecule has 1 rings (SSSR count). The molecule has 1 aromatic carbocycles. The lowest BCUT2D eigenvalue weighted by molar-refractivity contribution is -0.117. The van der Waals surface area contributed by atoms with E-state index in [9.17, 15) is 4.79 Å². The zero-order chi connectivity index (χ0) is 13.5. The third-order valence-electron chi connectivity index (χ3n) is 2.80. The first kappa shape index (κ1) is 14.4. The van der Waals surface area contributed by atoms with E-state index in [4.69, 9.17) is 0 Å². The SMILES string of the molecule is CC(=O)CCC(C)N=Cc1ccc(N(C)C)cc1. The van der Waals surface area contributed by atoms with Crippen molar-refractivity contribution in [1.82, 2.24) is 0 Å². The summed E-state index contributed by atoms with van der Waals surface area (Å²) in [6.07, 6.45) is 3.31. The minimum absolute atomic E-state index is 0.197. The normalized spacial score (nSPS) is 12.7. The molecule has 1 unspecified atom stereocenters. The molecule has 1 aromatic rings. The summed E-state index contributed by atoms with van der Waals surface area (Å²) >= 11 is 0.